The average Bonchev–Trinajstić information content (AvgIpc) is 2.85. The summed E-state index contributed by atoms with van der Waals surface area (Å²) in [4.78, 5) is 12.4. The van der Waals surface area contributed by atoms with Crippen LogP contribution in [0.2, 0.25) is 0 Å². The number of rotatable bonds is 3. The lowest BCUT2D eigenvalue weighted by atomic mass is 9.82. The molecule has 2 aliphatic rings. The van der Waals surface area contributed by atoms with Crippen LogP contribution in [0, 0.1) is 5.82 Å². The maximum absolute atomic E-state index is 13.1. The smallest absolute Gasteiger partial charge is 0.255 e. The number of sulfonamides is 1. The second-order valence-corrected chi connectivity index (χ2v) is 9.67. The number of carbonyl (C=O) groups excluding carboxylic acids is 1. The van der Waals surface area contributed by atoms with Crippen molar-refractivity contribution in [2.24, 2.45) is 0 Å². The van der Waals surface area contributed by atoms with Gasteiger partial charge in [0.1, 0.15) is 17.2 Å². The van der Waals surface area contributed by atoms with Crippen molar-refractivity contribution in [2.45, 2.75) is 42.2 Å². The Morgan fingerprint density at radius 2 is 1.76 bits per heavy atom. The summed E-state index contributed by atoms with van der Waals surface area (Å²) in [5.74, 6) is -0.0668. The fourth-order valence-corrected chi connectivity index (χ4v) is 5.51. The molecule has 1 aliphatic heterocycles. The molecule has 0 saturated heterocycles. The number of benzene rings is 2. The molecule has 6 nitrogen and oxygen atoms in total. The van der Waals surface area contributed by atoms with Crippen LogP contribution >= 0.6 is 0 Å². The topological polar surface area (TPSA) is 75.7 Å². The first-order chi connectivity index (χ1) is 13.8. The van der Waals surface area contributed by atoms with Crippen LogP contribution < -0.4 is 10.1 Å². The Labute approximate surface area is 169 Å². The van der Waals surface area contributed by atoms with Crippen LogP contribution in [0.3, 0.4) is 0 Å². The fourth-order valence-electron chi connectivity index (χ4n) is 4.09. The first kappa shape index (κ1) is 19.8. The van der Waals surface area contributed by atoms with Crippen LogP contribution in [0.15, 0.2) is 53.4 Å². The third kappa shape index (κ3) is 3.74. The summed E-state index contributed by atoms with van der Waals surface area (Å²) in [5.41, 5.74) is -0.0262. The summed E-state index contributed by atoms with van der Waals surface area (Å²) in [6.07, 6.45) is 2.45. The van der Waals surface area contributed by atoms with E-state index < -0.39 is 21.4 Å². The third-order valence-corrected chi connectivity index (χ3v) is 7.82. The molecule has 1 saturated carbocycles. The van der Waals surface area contributed by atoms with Crippen molar-refractivity contribution in [2.75, 3.05) is 13.6 Å². The van der Waals surface area contributed by atoms with E-state index in [1.807, 2.05) is 6.07 Å². The summed E-state index contributed by atoms with van der Waals surface area (Å²) >= 11 is 0. The third-order valence-electron chi connectivity index (χ3n) is 5.90. The highest BCUT2D eigenvalue weighted by atomic mass is 32.2. The van der Waals surface area contributed by atoms with Crippen molar-refractivity contribution in [1.82, 2.24) is 9.62 Å². The van der Waals surface area contributed by atoms with Crippen LogP contribution in [-0.2, 0) is 10.0 Å². The van der Waals surface area contributed by atoms with Gasteiger partial charge in [-0.2, -0.15) is 4.31 Å². The van der Waals surface area contributed by atoms with Gasteiger partial charge in [0.15, 0.2) is 0 Å². The van der Waals surface area contributed by atoms with Crippen molar-refractivity contribution in [3.63, 3.8) is 0 Å². The molecule has 4 rings (SSSR count). The van der Waals surface area contributed by atoms with E-state index in [9.17, 15) is 17.6 Å². The molecule has 1 N–H and O–H groups in total. The Bertz CT molecular complexity index is 1020. The molecular formula is C21H23FN2O4S. The Kier molecular flexibility index (Phi) is 5.08. The van der Waals surface area contributed by atoms with Crippen LogP contribution in [0.25, 0.3) is 0 Å². The van der Waals surface area contributed by atoms with E-state index in [0.29, 0.717) is 43.5 Å². The van der Waals surface area contributed by atoms with Crippen LogP contribution in [0.4, 0.5) is 4.39 Å². The summed E-state index contributed by atoms with van der Waals surface area (Å²) in [7, 11) is -2.14. The van der Waals surface area contributed by atoms with E-state index >= 15 is 0 Å². The van der Waals surface area contributed by atoms with Crippen molar-refractivity contribution in [1.29, 1.82) is 0 Å². The van der Waals surface area contributed by atoms with Gasteiger partial charge in [0.05, 0.1) is 17.0 Å². The molecular weight excluding hydrogens is 395 g/mol. The Morgan fingerprint density at radius 3 is 2.45 bits per heavy atom. The quantitative estimate of drug-likeness (QED) is 0.832. The van der Waals surface area contributed by atoms with Crippen LogP contribution in [0.5, 0.6) is 5.75 Å². The number of para-hydroxylation sites is 1. The highest BCUT2D eigenvalue weighted by Crippen LogP contribution is 2.38. The molecule has 8 heteroatoms. The van der Waals surface area contributed by atoms with E-state index in [1.165, 1.54) is 16.4 Å². The summed E-state index contributed by atoms with van der Waals surface area (Å²) in [5, 5.41) is 2.94. The predicted octanol–water partition coefficient (Wildman–Crippen LogP) is 2.95. The summed E-state index contributed by atoms with van der Waals surface area (Å²) in [6.45, 7) is 0.391. The number of fused-ring (bicyclic) bond motifs is 1. The van der Waals surface area contributed by atoms with Gasteiger partial charge in [-0.15, -0.1) is 0 Å². The van der Waals surface area contributed by atoms with Crippen LogP contribution in [-0.4, -0.2) is 43.9 Å². The average molecular weight is 418 g/mol. The van der Waals surface area contributed by atoms with Crippen molar-refractivity contribution in [3.05, 3.63) is 59.9 Å². The van der Waals surface area contributed by atoms with E-state index in [1.54, 1.807) is 25.2 Å². The minimum atomic E-state index is -3.71. The van der Waals surface area contributed by atoms with E-state index in [-0.39, 0.29) is 16.8 Å². The molecule has 1 spiro atoms. The van der Waals surface area contributed by atoms with Gasteiger partial charge < -0.3 is 10.1 Å². The number of nitrogens with one attached hydrogen (secondary N) is 1. The van der Waals surface area contributed by atoms with E-state index in [0.717, 1.165) is 12.1 Å². The number of hydrogen-bond acceptors (Lipinski definition) is 4. The lowest BCUT2D eigenvalue weighted by molar-refractivity contribution is 0.0196. The van der Waals surface area contributed by atoms with Gasteiger partial charge in [-0.05, 0) is 62.1 Å². The van der Waals surface area contributed by atoms with Gasteiger partial charge in [0, 0.05) is 13.1 Å². The predicted molar refractivity (Wildman–Crippen MR) is 106 cm³/mol. The molecule has 0 aromatic heterocycles. The highest BCUT2D eigenvalue weighted by molar-refractivity contribution is 7.89. The number of halogens is 1. The molecule has 0 bridgehead atoms. The van der Waals surface area contributed by atoms with Crippen LogP contribution in [0.1, 0.15) is 36.0 Å². The lowest BCUT2D eigenvalue weighted by Gasteiger charge is -2.41. The second kappa shape index (κ2) is 7.42. The largest absolute Gasteiger partial charge is 0.485 e. The van der Waals surface area contributed by atoms with Gasteiger partial charge in [-0.25, -0.2) is 12.8 Å². The Hall–Kier alpha value is -2.45. The lowest BCUT2D eigenvalue weighted by Crippen LogP contribution is -2.51. The van der Waals surface area contributed by atoms with Crippen molar-refractivity contribution in [3.8, 4) is 5.75 Å². The van der Waals surface area contributed by atoms with Gasteiger partial charge in [0.2, 0.25) is 10.0 Å². The standard InChI is InChI=1S/C21H23FN2O4S/c1-24(29(26,27)17-8-6-15(22)7-9-17)16-10-12-21(13-11-16)14-23-20(25)18-4-2-3-5-19(18)28-21/h2-9,16H,10-14H2,1H3,(H,23,25). The minimum absolute atomic E-state index is 0.0774. The van der Waals surface area contributed by atoms with Crippen molar-refractivity contribution >= 4 is 15.9 Å². The van der Waals surface area contributed by atoms with Gasteiger partial charge >= 0.3 is 0 Å². The van der Waals surface area contributed by atoms with Gasteiger partial charge in [-0.1, -0.05) is 12.1 Å². The monoisotopic (exact) mass is 418 g/mol. The van der Waals surface area contributed by atoms with Crippen molar-refractivity contribution < 1.29 is 22.3 Å². The molecule has 1 fully saturated rings. The van der Waals surface area contributed by atoms with E-state index in [4.69, 9.17) is 4.74 Å². The van der Waals surface area contributed by atoms with Gasteiger partial charge in [0.25, 0.3) is 5.91 Å². The molecule has 0 atom stereocenters. The molecule has 1 heterocycles. The number of carbonyl (C=O) groups is 1. The number of amides is 1. The number of nitrogens with zero attached hydrogens (tertiary/aromatic N) is 1. The molecule has 29 heavy (non-hydrogen) atoms. The summed E-state index contributed by atoms with van der Waals surface area (Å²) in [6, 6.07) is 11.8. The maximum atomic E-state index is 13.1. The zero-order chi connectivity index (χ0) is 20.6. The zero-order valence-corrected chi connectivity index (χ0v) is 16.9. The Morgan fingerprint density at radius 1 is 1.10 bits per heavy atom. The number of hydrogen-bond donors (Lipinski definition) is 1. The molecule has 0 radical (unpaired) electrons. The normalized spacial score (nSPS) is 24.5. The molecule has 154 valence electrons. The highest BCUT2D eigenvalue weighted by Gasteiger charge is 2.42. The first-order valence-corrected chi connectivity index (χ1v) is 11.0. The summed E-state index contributed by atoms with van der Waals surface area (Å²) < 4.78 is 46.6. The number of ether oxygens (including phenoxy) is 1. The minimum Gasteiger partial charge on any atom is -0.485 e. The molecule has 2 aromatic rings. The first-order valence-electron chi connectivity index (χ1n) is 9.61. The fraction of sp³-hybridized carbons (Fsp3) is 0.381. The van der Waals surface area contributed by atoms with Gasteiger partial charge in [-0.3, -0.25) is 4.79 Å². The van der Waals surface area contributed by atoms with E-state index in [2.05, 4.69) is 5.32 Å². The molecule has 2 aromatic carbocycles. The molecule has 1 amide bonds. The Balaban J connectivity index is 1.49. The molecule has 0 unspecified atom stereocenters. The second-order valence-electron chi connectivity index (χ2n) is 7.67. The maximum Gasteiger partial charge on any atom is 0.255 e. The zero-order valence-electron chi connectivity index (χ0n) is 16.1. The molecule has 1 aliphatic carbocycles. The SMILES string of the molecule is CN(C1CCC2(CC1)CNC(=O)c1ccccc1O2)S(=O)(=O)c1ccc(F)cc1.